The number of H-pyrrole nitrogens is 2. The molecule has 0 radical (unpaired) electrons. The molecule has 3 aromatic rings. The third kappa shape index (κ3) is 4.15. The second-order valence-corrected chi connectivity index (χ2v) is 7.24. The molecule has 1 aliphatic rings. The summed E-state index contributed by atoms with van der Waals surface area (Å²) in [5.74, 6) is 0.635. The number of carbonyl (C=O) groups is 1. The van der Waals surface area contributed by atoms with Crippen LogP contribution in [0.2, 0.25) is 0 Å². The smallest absolute Gasteiger partial charge is 0.319 e. The number of urea groups is 1. The standard InChI is InChI=1S/C19H25N7O2/c1-12(2)21-19(27)24-16-10-20-25-17(16)18-22-14-4-3-13(9-15(14)23-18)11-26-5-7-28-8-6-26/h3-4,9-10,12H,5-8,11H2,1-2H3,(H,20,25)(H,22,23)(H2,21,24,27). The Labute approximate surface area is 162 Å². The van der Waals surface area contributed by atoms with Gasteiger partial charge in [-0.1, -0.05) is 6.07 Å². The highest BCUT2D eigenvalue weighted by molar-refractivity contribution is 5.93. The average Bonchev–Trinajstić information content (AvgIpc) is 3.27. The molecule has 2 aromatic heterocycles. The van der Waals surface area contributed by atoms with E-state index in [1.54, 1.807) is 6.20 Å². The van der Waals surface area contributed by atoms with Gasteiger partial charge in [0, 0.05) is 25.7 Å². The van der Waals surface area contributed by atoms with Crippen molar-refractivity contribution in [3.8, 4) is 11.5 Å². The van der Waals surface area contributed by atoms with Crippen molar-refractivity contribution in [1.82, 2.24) is 30.4 Å². The van der Waals surface area contributed by atoms with Gasteiger partial charge in [0.05, 0.1) is 36.1 Å². The molecule has 3 heterocycles. The number of amides is 2. The topological polar surface area (TPSA) is 111 Å². The van der Waals surface area contributed by atoms with E-state index in [4.69, 9.17) is 4.74 Å². The van der Waals surface area contributed by atoms with E-state index in [1.807, 2.05) is 19.9 Å². The first-order valence-corrected chi connectivity index (χ1v) is 9.48. The molecule has 28 heavy (non-hydrogen) atoms. The van der Waals surface area contributed by atoms with E-state index in [-0.39, 0.29) is 12.1 Å². The highest BCUT2D eigenvalue weighted by Gasteiger charge is 2.16. The van der Waals surface area contributed by atoms with Gasteiger partial charge >= 0.3 is 6.03 Å². The van der Waals surface area contributed by atoms with Crippen LogP contribution in [0.1, 0.15) is 19.4 Å². The number of aromatic nitrogens is 4. The monoisotopic (exact) mass is 383 g/mol. The first kappa shape index (κ1) is 18.5. The lowest BCUT2D eigenvalue weighted by Crippen LogP contribution is -2.35. The van der Waals surface area contributed by atoms with Crippen molar-refractivity contribution in [2.75, 3.05) is 31.6 Å². The number of carbonyl (C=O) groups excluding carboxylic acids is 1. The van der Waals surface area contributed by atoms with Gasteiger partial charge in [-0.3, -0.25) is 10.00 Å². The lowest BCUT2D eigenvalue weighted by Gasteiger charge is -2.26. The molecular formula is C19H25N7O2. The maximum absolute atomic E-state index is 12.0. The first-order chi connectivity index (χ1) is 13.6. The minimum atomic E-state index is -0.276. The number of anilines is 1. The quantitative estimate of drug-likeness (QED) is 0.540. The molecule has 9 heteroatoms. The molecule has 0 aliphatic carbocycles. The molecule has 1 fully saturated rings. The molecule has 1 aromatic carbocycles. The molecule has 9 nitrogen and oxygen atoms in total. The molecule has 1 aliphatic heterocycles. The Morgan fingerprint density at radius 1 is 1.32 bits per heavy atom. The number of rotatable bonds is 5. The predicted molar refractivity (Wildman–Crippen MR) is 107 cm³/mol. The summed E-state index contributed by atoms with van der Waals surface area (Å²) < 4.78 is 5.41. The Bertz CT molecular complexity index is 956. The molecule has 1 saturated heterocycles. The van der Waals surface area contributed by atoms with E-state index in [0.29, 0.717) is 17.2 Å². The van der Waals surface area contributed by atoms with E-state index in [1.165, 1.54) is 5.56 Å². The van der Waals surface area contributed by atoms with E-state index in [0.717, 1.165) is 43.9 Å². The molecule has 148 valence electrons. The summed E-state index contributed by atoms with van der Waals surface area (Å²) in [6, 6.07) is 6.01. The Hall–Kier alpha value is -2.91. The number of imidazole rings is 1. The molecule has 4 N–H and O–H groups in total. The molecule has 2 amide bonds. The van der Waals surface area contributed by atoms with Crippen LogP contribution < -0.4 is 10.6 Å². The van der Waals surface area contributed by atoms with Gasteiger partial charge in [-0.25, -0.2) is 9.78 Å². The van der Waals surface area contributed by atoms with Crippen LogP contribution in [0, 0.1) is 0 Å². The van der Waals surface area contributed by atoms with Gasteiger partial charge in [-0.15, -0.1) is 0 Å². The summed E-state index contributed by atoms with van der Waals surface area (Å²) in [7, 11) is 0. The van der Waals surface area contributed by atoms with Crippen molar-refractivity contribution in [1.29, 1.82) is 0 Å². The third-order valence-corrected chi connectivity index (χ3v) is 4.60. The Balaban J connectivity index is 1.53. The van der Waals surface area contributed by atoms with E-state index in [9.17, 15) is 4.79 Å². The fraction of sp³-hybridized carbons (Fsp3) is 0.421. The summed E-state index contributed by atoms with van der Waals surface area (Å²) in [5.41, 5.74) is 4.26. The second-order valence-electron chi connectivity index (χ2n) is 7.24. The van der Waals surface area contributed by atoms with Gasteiger partial charge in [0.2, 0.25) is 0 Å². The SMILES string of the molecule is CC(C)NC(=O)Nc1cn[nH]c1-c1nc2ccc(CN3CCOCC3)cc2[nH]1. The lowest BCUT2D eigenvalue weighted by molar-refractivity contribution is 0.0342. The van der Waals surface area contributed by atoms with Crippen molar-refractivity contribution < 1.29 is 9.53 Å². The third-order valence-electron chi connectivity index (χ3n) is 4.60. The molecule has 0 atom stereocenters. The van der Waals surface area contributed by atoms with Crippen molar-refractivity contribution in [2.24, 2.45) is 0 Å². The van der Waals surface area contributed by atoms with Gasteiger partial charge in [-0.05, 0) is 31.5 Å². The highest BCUT2D eigenvalue weighted by atomic mass is 16.5. The minimum Gasteiger partial charge on any atom is -0.379 e. The number of nitrogens with one attached hydrogen (secondary N) is 4. The molecule has 0 unspecified atom stereocenters. The number of hydrogen-bond acceptors (Lipinski definition) is 5. The van der Waals surface area contributed by atoms with Crippen LogP contribution in [0.3, 0.4) is 0 Å². The summed E-state index contributed by atoms with van der Waals surface area (Å²) in [6.07, 6.45) is 1.58. The lowest BCUT2D eigenvalue weighted by atomic mass is 10.2. The number of hydrogen-bond donors (Lipinski definition) is 4. The maximum atomic E-state index is 12.0. The van der Waals surface area contributed by atoms with Crippen molar-refractivity contribution in [3.05, 3.63) is 30.0 Å². The van der Waals surface area contributed by atoms with Gasteiger partial charge in [0.1, 0.15) is 5.69 Å². The van der Waals surface area contributed by atoms with Gasteiger partial charge < -0.3 is 20.4 Å². The zero-order chi connectivity index (χ0) is 19.5. The molecule has 0 spiro atoms. The van der Waals surface area contributed by atoms with Crippen LogP contribution in [0.4, 0.5) is 10.5 Å². The predicted octanol–water partition coefficient (Wildman–Crippen LogP) is 2.32. The van der Waals surface area contributed by atoms with Crippen LogP contribution >= 0.6 is 0 Å². The summed E-state index contributed by atoms with van der Waals surface area (Å²) in [5, 5.41) is 12.6. The van der Waals surface area contributed by atoms with Crippen LogP contribution in [0.5, 0.6) is 0 Å². The number of fused-ring (bicyclic) bond motifs is 1. The van der Waals surface area contributed by atoms with Gasteiger partial charge in [-0.2, -0.15) is 5.10 Å². The number of aromatic amines is 2. The Morgan fingerprint density at radius 2 is 2.14 bits per heavy atom. The molecule has 0 bridgehead atoms. The number of benzene rings is 1. The van der Waals surface area contributed by atoms with Crippen LogP contribution in [-0.4, -0.2) is 63.4 Å². The van der Waals surface area contributed by atoms with E-state index in [2.05, 4.69) is 47.8 Å². The summed E-state index contributed by atoms with van der Waals surface area (Å²) in [4.78, 5) is 22.4. The molecule has 0 saturated carbocycles. The second kappa shape index (κ2) is 7.99. The van der Waals surface area contributed by atoms with Gasteiger partial charge in [0.15, 0.2) is 5.82 Å². The van der Waals surface area contributed by atoms with Crippen molar-refractivity contribution in [3.63, 3.8) is 0 Å². The highest BCUT2D eigenvalue weighted by Crippen LogP contribution is 2.26. The number of nitrogens with zero attached hydrogens (tertiary/aromatic N) is 3. The molecule has 4 rings (SSSR count). The molecular weight excluding hydrogens is 358 g/mol. The largest absolute Gasteiger partial charge is 0.379 e. The first-order valence-electron chi connectivity index (χ1n) is 9.48. The average molecular weight is 383 g/mol. The normalized spacial score (nSPS) is 15.2. The Morgan fingerprint density at radius 3 is 2.93 bits per heavy atom. The van der Waals surface area contributed by atoms with E-state index >= 15 is 0 Å². The fourth-order valence-electron chi connectivity index (χ4n) is 3.27. The zero-order valence-corrected chi connectivity index (χ0v) is 16.1. The Kier molecular flexibility index (Phi) is 5.27. The number of morpholine rings is 1. The minimum absolute atomic E-state index is 0.0476. The summed E-state index contributed by atoms with van der Waals surface area (Å²) >= 11 is 0. The van der Waals surface area contributed by atoms with E-state index < -0.39 is 0 Å². The fourth-order valence-corrected chi connectivity index (χ4v) is 3.27. The van der Waals surface area contributed by atoms with Crippen LogP contribution in [-0.2, 0) is 11.3 Å². The summed E-state index contributed by atoms with van der Waals surface area (Å²) in [6.45, 7) is 8.18. The number of ether oxygens (including phenoxy) is 1. The maximum Gasteiger partial charge on any atom is 0.319 e. The van der Waals surface area contributed by atoms with Gasteiger partial charge in [0.25, 0.3) is 0 Å². The van der Waals surface area contributed by atoms with Crippen molar-refractivity contribution in [2.45, 2.75) is 26.4 Å². The van der Waals surface area contributed by atoms with Crippen LogP contribution in [0.15, 0.2) is 24.4 Å². The zero-order valence-electron chi connectivity index (χ0n) is 16.1. The van der Waals surface area contributed by atoms with Crippen LogP contribution in [0.25, 0.3) is 22.6 Å². The van der Waals surface area contributed by atoms with Crippen molar-refractivity contribution >= 4 is 22.8 Å².